The molecule has 1 aromatic carbocycles. The highest BCUT2D eigenvalue weighted by molar-refractivity contribution is 8.40. The van der Waals surface area contributed by atoms with E-state index in [0.29, 0.717) is 22.7 Å². The van der Waals surface area contributed by atoms with Crippen molar-refractivity contribution in [1.29, 1.82) is 5.26 Å². The van der Waals surface area contributed by atoms with E-state index in [9.17, 15) is 10.1 Å². The predicted molar refractivity (Wildman–Crippen MR) is 101 cm³/mol. The summed E-state index contributed by atoms with van der Waals surface area (Å²) in [7, 11) is 1.81. The molecule has 9 heteroatoms. The van der Waals surface area contributed by atoms with E-state index < -0.39 is 0 Å². The van der Waals surface area contributed by atoms with E-state index in [1.165, 1.54) is 11.8 Å². The number of thioether (sulfide) groups is 2. The summed E-state index contributed by atoms with van der Waals surface area (Å²) in [6, 6.07) is 7.46. The highest BCUT2D eigenvalue weighted by atomic mass is 35.5. The molecule has 0 saturated carbocycles. The number of benzene rings is 1. The maximum Gasteiger partial charge on any atom is 0.227 e. The van der Waals surface area contributed by atoms with Gasteiger partial charge in [-0.05, 0) is 24.6 Å². The SMILES string of the molecule is CC1=C(/C=N\NC=O)N(C)N=C(SCc2ccc(Cl)cc2C#N)S1. The molecule has 0 aliphatic carbocycles. The second kappa shape index (κ2) is 8.78. The first-order chi connectivity index (χ1) is 11.5. The molecule has 1 aliphatic heterocycles. The van der Waals surface area contributed by atoms with Gasteiger partial charge in [-0.25, -0.2) is 5.43 Å². The molecule has 1 aliphatic rings. The van der Waals surface area contributed by atoms with Crippen LogP contribution in [-0.2, 0) is 10.5 Å². The maximum absolute atomic E-state index is 10.2. The Morgan fingerprint density at radius 1 is 1.58 bits per heavy atom. The minimum Gasteiger partial charge on any atom is -0.277 e. The van der Waals surface area contributed by atoms with Crippen LogP contribution in [-0.4, -0.2) is 29.1 Å². The first kappa shape index (κ1) is 18.4. The zero-order valence-electron chi connectivity index (χ0n) is 13.0. The van der Waals surface area contributed by atoms with Crippen molar-refractivity contribution < 1.29 is 4.79 Å². The second-order valence-electron chi connectivity index (χ2n) is 4.64. The lowest BCUT2D eigenvalue weighted by molar-refractivity contribution is -0.109. The molecule has 24 heavy (non-hydrogen) atoms. The molecule has 1 N–H and O–H groups in total. The van der Waals surface area contributed by atoms with Gasteiger partial charge in [0.15, 0.2) is 4.38 Å². The van der Waals surface area contributed by atoms with Gasteiger partial charge in [-0.15, -0.1) is 0 Å². The topological polar surface area (TPSA) is 80.8 Å². The van der Waals surface area contributed by atoms with Gasteiger partial charge in [-0.2, -0.15) is 15.5 Å². The van der Waals surface area contributed by atoms with Crippen LogP contribution in [0.3, 0.4) is 0 Å². The van der Waals surface area contributed by atoms with Gasteiger partial charge in [0.25, 0.3) is 0 Å². The van der Waals surface area contributed by atoms with E-state index in [-0.39, 0.29) is 0 Å². The lowest BCUT2D eigenvalue weighted by Gasteiger charge is -2.23. The highest BCUT2D eigenvalue weighted by Gasteiger charge is 2.17. The number of nitrogens with one attached hydrogen (secondary N) is 1. The van der Waals surface area contributed by atoms with Crippen molar-refractivity contribution in [3.8, 4) is 6.07 Å². The lowest BCUT2D eigenvalue weighted by atomic mass is 10.1. The van der Waals surface area contributed by atoms with E-state index >= 15 is 0 Å². The molecular formula is C15H14ClN5OS2. The second-order valence-corrected chi connectivity index (χ2v) is 7.50. The maximum atomic E-state index is 10.2. The van der Waals surface area contributed by atoms with Crippen molar-refractivity contribution in [2.24, 2.45) is 10.2 Å². The number of hydrazone groups is 2. The van der Waals surface area contributed by atoms with E-state index in [1.807, 2.05) is 20.0 Å². The van der Waals surface area contributed by atoms with Gasteiger partial charge < -0.3 is 0 Å². The van der Waals surface area contributed by atoms with Gasteiger partial charge in [0, 0.05) is 22.7 Å². The summed E-state index contributed by atoms with van der Waals surface area (Å²) in [5, 5.41) is 19.7. The minimum absolute atomic E-state index is 0.506. The fourth-order valence-corrected chi connectivity index (χ4v) is 4.27. The van der Waals surface area contributed by atoms with E-state index in [1.54, 1.807) is 35.1 Å². The fraction of sp³-hybridized carbons (Fsp3) is 0.200. The number of hydrogen-bond acceptors (Lipinski definition) is 7. The van der Waals surface area contributed by atoms with Crippen molar-refractivity contribution >= 4 is 52.1 Å². The number of amides is 1. The van der Waals surface area contributed by atoms with Crippen LogP contribution in [0.25, 0.3) is 0 Å². The average Bonchev–Trinajstić information content (AvgIpc) is 2.56. The molecule has 0 bridgehead atoms. The summed E-state index contributed by atoms with van der Waals surface area (Å²) in [4.78, 5) is 11.2. The van der Waals surface area contributed by atoms with E-state index in [0.717, 1.165) is 20.5 Å². The average molecular weight is 380 g/mol. The summed E-state index contributed by atoms with van der Waals surface area (Å²) < 4.78 is 0.870. The Kier molecular flexibility index (Phi) is 6.73. The van der Waals surface area contributed by atoms with Gasteiger partial charge >= 0.3 is 0 Å². The minimum atomic E-state index is 0.506. The molecule has 2 rings (SSSR count). The lowest BCUT2D eigenvalue weighted by Crippen LogP contribution is -2.19. The van der Waals surface area contributed by atoms with Crippen molar-refractivity contribution in [1.82, 2.24) is 10.4 Å². The summed E-state index contributed by atoms with van der Waals surface area (Å²) in [6.45, 7) is 1.96. The number of nitrogens with zero attached hydrogens (tertiary/aromatic N) is 4. The Morgan fingerprint density at radius 3 is 3.04 bits per heavy atom. The molecule has 0 radical (unpaired) electrons. The Labute approximate surface area is 153 Å². The van der Waals surface area contributed by atoms with Gasteiger partial charge in [0.1, 0.15) is 0 Å². The van der Waals surface area contributed by atoms with Gasteiger partial charge in [0.2, 0.25) is 6.41 Å². The molecule has 0 fully saturated rings. The molecular weight excluding hydrogens is 366 g/mol. The standard InChI is InChI=1S/C15H14ClN5OS2/c1-10-14(7-18-19-9-22)21(2)20-15(24-10)23-8-11-3-4-13(16)5-12(11)6-17/h3-5,7,9H,8H2,1-2H3,(H,19,22)/b18-7-. The predicted octanol–water partition coefficient (Wildman–Crippen LogP) is 3.36. The molecule has 0 spiro atoms. The van der Waals surface area contributed by atoms with E-state index in [2.05, 4.69) is 21.7 Å². The first-order valence-electron chi connectivity index (χ1n) is 6.79. The van der Waals surface area contributed by atoms with Crippen molar-refractivity contribution in [2.45, 2.75) is 12.7 Å². The zero-order chi connectivity index (χ0) is 17.5. The van der Waals surface area contributed by atoms with E-state index in [4.69, 9.17) is 11.6 Å². The third-order valence-corrected chi connectivity index (χ3v) is 5.43. The molecule has 0 unspecified atom stereocenters. The number of halogens is 1. The van der Waals surface area contributed by atoms with Crippen molar-refractivity contribution in [2.75, 3.05) is 7.05 Å². The molecule has 0 atom stereocenters. The van der Waals surface area contributed by atoms with Crippen LogP contribution in [0.1, 0.15) is 18.1 Å². The monoisotopic (exact) mass is 379 g/mol. The number of carbonyl (C=O) groups excluding carboxylic acids is 1. The molecule has 1 heterocycles. The quantitative estimate of drug-likeness (QED) is 0.482. The summed E-state index contributed by atoms with van der Waals surface area (Å²) in [6.07, 6.45) is 2.06. The Bertz CT molecular complexity index is 770. The van der Waals surface area contributed by atoms with Gasteiger partial charge in [0.05, 0.1) is 23.5 Å². The van der Waals surface area contributed by atoms with Crippen molar-refractivity contribution in [3.05, 3.63) is 45.0 Å². The largest absolute Gasteiger partial charge is 0.277 e. The molecule has 124 valence electrons. The molecule has 0 aromatic heterocycles. The number of rotatable bonds is 5. The number of hydrogen-bond donors (Lipinski definition) is 1. The van der Waals surface area contributed by atoms with Crippen LogP contribution in [0.2, 0.25) is 5.02 Å². The molecule has 0 saturated heterocycles. The molecule has 1 amide bonds. The smallest absolute Gasteiger partial charge is 0.227 e. The molecule has 1 aromatic rings. The highest BCUT2D eigenvalue weighted by Crippen LogP contribution is 2.34. The van der Waals surface area contributed by atoms with Crippen LogP contribution in [0.15, 0.2) is 39.0 Å². The van der Waals surface area contributed by atoms with Crippen LogP contribution < -0.4 is 5.43 Å². The van der Waals surface area contributed by atoms with Crippen LogP contribution in [0, 0.1) is 11.3 Å². The van der Waals surface area contributed by atoms with Gasteiger partial charge in [-0.1, -0.05) is 41.2 Å². The fourth-order valence-electron chi connectivity index (χ4n) is 1.89. The van der Waals surface area contributed by atoms with Crippen LogP contribution in [0.5, 0.6) is 0 Å². The number of nitriles is 1. The molecule has 6 nitrogen and oxygen atoms in total. The number of allylic oxidation sites excluding steroid dienone is 2. The Morgan fingerprint density at radius 2 is 2.38 bits per heavy atom. The third-order valence-electron chi connectivity index (χ3n) is 3.04. The van der Waals surface area contributed by atoms with Gasteiger partial charge in [-0.3, -0.25) is 9.80 Å². The van der Waals surface area contributed by atoms with Crippen LogP contribution >= 0.6 is 35.1 Å². The normalized spacial score (nSPS) is 14.6. The Balaban J connectivity index is 2.05. The van der Waals surface area contributed by atoms with Crippen molar-refractivity contribution in [3.63, 3.8) is 0 Å². The number of carbonyl (C=O) groups is 1. The first-order valence-corrected chi connectivity index (χ1v) is 8.97. The Hall–Kier alpha value is -1.95. The summed E-state index contributed by atoms with van der Waals surface area (Å²) in [5.41, 5.74) is 4.54. The van der Waals surface area contributed by atoms with Crippen LogP contribution in [0.4, 0.5) is 0 Å². The third kappa shape index (κ3) is 4.77. The summed E-state index contributed by atoms with van der Waals surface area (Å²) in [5.74, 6) is 0.628. The summed E-state index contributed by atoms with van der Waals surface area (Å²) >= 11 is 8.99. The zero-order valence-corrected chi connectivity index (χ0v) is 15.4.